The van der Waals surface area contributed by atoms with Crippen LogP contribution in [0.4, 0.5) is 22.7 Å². The lowest BCUT2D eigenvalue weighted by Crippen LogP contribution is -2.25. The van der Waals surface area contributed by atoms with Gasteiger partial charge in [-0.15, -0.1) is 0 Å². The second-order valence-electron chi connectivity index (χ2n) is 21.9. The highest BCUT2D eigenvalue weighted by molar-refractivity contribution is 6.25. The molecule has 7 nitrogen and oxygen atoms in total. The van der Waals surface area contributed by atoms with Gasteiger partial charge in [-0.2, -0.15) is 0 Å². The third kappa shape index (κ3) is 6.72. The average Bonchev–Trinajstić information content (AvgIpc) is 4.16. The van der Waals surface area contributed by atoms with Gasteiger partial charge in [0.2, 0.25) is 0 Å². The molecule has 0 saturated carbocycles. The maximum Gasteiger partial charge on any atom is 0.137 e. The summed E-state index contributed by atoms with van der Waals surface area (Å²) in [5, 5.41) is 5.23. The monoisotopic (exact) mass is 911 g/mol. The van der Waals surface area contributed by atoms with Crippen molar-refractivity contribution < 1.29 is 13.0 Å². The number of pyridine rings is 1. The van der Waals surface area contributed by atoms with Gasteiger partial charge >= 0.3 is 0 Å². The van der Waals surface area contributed by atoms with E-state index in [1.165, 1.54) is 20.3 Å². The number of fused-ring (bicyclic) bond motifs is 10. The summed E-state index contributed by atoms with van der Waals surface area (Å²) in [4.78, 5) is 9.29. The highest BCUT2D eigenvalue weighted by Gasteiger charge is 2.34. The van der Waals surface area contributed by atoms with Crippen molar-refractivity contribution in [3.63, 3.8) is 0 Å². The Morgan fingerprint density at radius 3 is 1.70 bits per heavy atom. The number of hydrogen-bond acceptors (Lipinski definition) is 4. The lowest BCUT2D eigenvalue weighted by Gasteiger charge is -2.27. The molecule has 0 bridgehead atoms. The number of rotatable bonds is 5. The molecule has 0 aliphatic carbocycles. The first-order chi connectivity index (χ1) is 35.4. The van der Waals surface area contributed by atoms with Crippen LogP contribution < -0.4 is 14.5 Å². The first-order valence-electron chi connectivity index (χ1n) is 26.9. The molecule has 0 fully saturated rings. The zero-order valence-electron chi connectivity index (χ0n) is 46.7. The van der Waals surface area contributed by atoms with Gasteiger partial charge in [0, 0.05) is 89.5 Å². The summed E-state index contributed by atoms with van der Waals surface area (Å²) < 4.78 is 66.4. The number of nitrogens with zero attached hydrogens (tertiary/aromatic N) is 6. The predicted molar refractivity (Wildman–Crippen MR) is 291 cm³/mol. The molecule has 1 aliphatic heterocycles. The maximum absolute atomic E-state index is 9.05. The smallest absolute Gasteiger partial charge is 0.137 e. The lowest BCUT2D eigenvalue weighted by atomic mass is 9.86. The molecule has 0 radical (unpaired) electrons. The van der Waals surface area contributed by atoms with Crippen LogP contribution >= 0.6 is 0 Å². The van der Waals surface area contributed by atoms with E-state index in [0.29, 0.717) is 39.3 Å². The molecule has 344 valence electrons. The van der Waals surface area contributed by atoms with Crippen LogP contribution in [0.25, 0.3) is 71.2 Å². The summed E-state index contributed by atoms with van der Waals surface area (Å²) in [6, 6.07) is 48.9. The Morgan fingerprint density at radius 1 is 0.464 bits per heavy atom. The standard InChI is InChI=1S/C62H60N6O/c1-60(2,3)38-24-27-52-47(32-38)46-26-25-42(35-55(46)68(52)56-33-39(28-29-63-56)61(4,5)6)69-43-31-40(62(7,8)9)30-41(34-43)66-37-67(54-23-17-16-22-53(54)66)59-57-48(44-18-12-14-20-50(44)64(57)10)36-49-45-19-13-15-21-51(45)65(11)58(49)59/h12-36H,37H2,1-11H3/i10D3,11D3. The van der Waals surface area contributed by atoms with Gasteiger partial charge < -0.3 is 23.7 Å². The maximum atomic E-state index is 9.05. The highest BCUT2D eigenvalue weighted by Crippen LogP contribution is 2.52. The first-order valence-corrected chi connectivity index (χ1v) is 23.9. The molecule has 0 amide bonds. The van der Waals surface area contributed by atoms with E-state index in [1.807, 2.05) is 85.1 Å². The Balaban J connectivity index is 1.05. The van der Waals surface area contributed by atoms with Crippen LogP contribution in [0.2, 0.25) is 0 Å². The molecule has 12 rings (SSSR count). The van der Waals surface area contributed by atoms with E-state index in [9.17, 15) is 0 Å². The minimum absolute atomic E-state index is 0.0478. The van der Waals surface area contributed by atoms with Gasteiger partial charge in [0.1, 0.15) is 24.0 Å². The van der Waals surface area contributed by atoms with Crippen LogP contribution in [0.5, 0.6) is 11.5 Å². The van der Waals surface area contributed by atoms with Crippen molar-refractivity contribution in [1.29, 1.82) is 0 Å². The Kier molecular flexibility index (Phi) is 7.94. The van der Waals surface area contributed by atoms with E-state index < -0.39 is 14.0 Å². The average molecular weight is 911 g/mol. The normalized spacial score (nSPS) is 15.3. The van der Waals surface area contributed by atoms with Crippen LogP contribution in [-0.2, 0) is 30.2 Å². The van der Waals surface area contributed by atoms with Crippen LogP contribution in [0.15, 0.2) is 152 Å². The van der Waals surface area contributed by atoms with E-state index in [1.54, 1.807) is 0 Å². The van der Waals surface area contributed by atoms with Gasteiger partial charge in [-0.3, -0.25) is 4.57 Å². The molecule has 7 aromatic carbocycles. The molecule has 5 heterocycles. The molecule has 1 aliphatic rings. The fraction of sp³-hybridized carbons (Fsp3) is 0.242. The molecule has 0 saturated heterocycles. The third-order valence-electron chi connectivity index (χ3n) is 14.3. The summed E-state index contributed by atoms with van der Waals surface area (Å²) >= 11 is 0. The van der Waals surface area contributed by atoms with Crippen molar-refractivity contribution in [3.05, 3.63) is 168 Å². The molecule has 7 heteroatoms. The lowest BCUT2D eigenvalue weighted by molar-refractivity contribution is 0.479. The molecule has 0 N–H and O–H groups in total. The zero-order valence-corrected chi connectivity index (χ0v) is 40.7. The Hall–Kier alpha value is -7.51. The molecule has 4 aromatic heterocycles. The fourth-order valence-electron chi connectivity index (χ4n) is 10.6. The molecular formula is C62H60N6O. The van der Waals surface area contributed by atoms with Gasteiger partial charge in [0.25, 0.3) is 0 Å². The van der Waals surface area contributed by atoms with Crippen molar-refractivity contribution >= 4 is 88.2 Å². The summed E-state index contributed by atoms with van der Waals surface area (Å²) in [5.74, 6) is 2.15. The zero-order chi connectivity index (χ0) is 52.9. The van der Waals surface area contributed by atoms with E-state index in [4.69, 9.17) is 17.9 Å². The van der Waals surface area contributed by atoms with Gasteiger partial charge in [-0.1, -0.05) is 117 Å². The number of aromatic nitrogens is 4. The largest absolute Gasteiger partial charge is 0.457 e. The van der Waals surface area contributed by atoms with Gasteiger partial charge in [-0.05, 0) is 112 Å². The number of hydrogen-bond donors (Lipinski definition) is 0. The van der Waals surface area contributed by atoms with Crippen LogP contribution in [-0.4, -0.2) is 25.4 Å². The van der Waals surface area contributed by atoms with E-state index in [-0.39, 0.29) is 22.9 Å². The second kappa shape index (κ2) is 15.0. The quantitative estimate of drug-likeness (QED) is 0.173. The minimum Gasteiger partial charge on any atom is -0.457 e. The number of anilines is 4. The topological polar surface area (TPSA) is 43.4 Å². The SMILES string of the molecule is [2H]C([2H])([2H])n1c2ccccc2c2cc3c4ccccc4n(C([2H])([2H])[2H])c3c(N3CN(c4cc(Oc5ccc6c7cc(C(C)(C)C)ccc7n(-c7cc(C(C)(C)C)ccn7)c6c5)cc(C(C)(C)C)c4)c4ccccc43)c21. The Morgan fingerprint density at radius 2 is 1.06 bits per heavy atom. The van der Waals surface area contributed by atoms with Crippen molar-refractivity contribution in [1.82, 2.24) is 18.7 Å². The van der Waals surface area contributed by atoms with E-state index in [2.05, 4.69) is 143 Å². The fourth-order valence-corrected chi connectivity index (χ4v) is 10.6. The second-order valence-corrected chi connectivity index (χ2v) is 21.9. The summed E-state index contributed by atoms with van der Waals surface area (Å²) in [6.07, 6.45) is 1.90. The molecule has 11 aromatic rings. The molecule has 0 spiro atoms. The number of benzene rings is 7. The summed E-state index contributed by atoms with van der Waals surface area (Å²) in [7, 11) is 0. The van der Waals surface area contributed by atoms with Crippen molar-refractivity contribution in [2.75, 3.05) is 16.5 Å². The van der Waals surface area contributed by atoms with Gasteiger partial charge in [0.05, 0.1) is 39.1 Å². The van der Waals surface area contributed by atoms with Crippen LogP contribution in [0.1, 0.15) is 87.2 Å². The summed E-state index contributed by atoms with van der Waals surface area (Å²) in [5.41, 5.74) is 10.1. The molecular weight excluding hydrogens is 845 g/mol. The van der Waals surface area contributed by atoms with Crippen molar-refractivity contribution in [3.8, 4) is 17.3 Å². The van der Waals surface area contributed by atoms with E-state index >= 15 is 0 Å². The predicted octanol–water partition coefficient (Wildman–Crippen LogP) is 16.4. The number of ether oxygens (including phenoxy) is 1. The first kappa shape index (κ1) is 36.5. The Labute approximate surface area is 413 Å². The minimum atomic E-state index is -2.62. The highest BCUT2D eigenvalue weighted by atomic mass is 16.5. The number of aryl methyl sites for hydroxylation is 2. The van der Waals surface area contributed by atoms with Gasteiger partial charge in [-0.25, -0.2) is 4.98 Å². The van der Waals surface area contributed by atoms with E-state index in [0.717, 1.165) is 71.8 Å². The Bertz CT molecular complexity index is 4030. The van der Waals surface area contributed by atoms with Crippen LogP contribution in [0, 0.1) is 0 Å². The van der Waals surface area contributed by atoms with Gasteiger partial charge in [0.15, 0.2) is 0 Å². The number of para-hydroxylation sites is 4. The van der Waals surface area contributed by atoms with Crippen molar-refractivity contribution in [2.24, 2.45) is 14.0 Å². The molecule has 0 unspecified atom stereocenters. The van der Waals surface area contributed by atoms with Crippen molar-refractivity contribution in [2.45, 2.75) is 78.6 Å². The molecule has 69 heavy (non-hydrogen) atoms. The third-order valence-corrected chi connectivity index (χ3v) is 14.3. The molecule has 0 atom stereocenters. The van der Waals surface area contributed by atoms with Crippen LogP contribution in [0.3, 0.4) is 0 Å². The summed E-state index contributed by atoms with van der Waals surface area (Å²) in [6.45, 7) is 14.9.